The first-order chi connectivity index (χ1) is 13.1. The molecule has 0 spiro atoms. The number of aliphatic imine (C=N–C) groups is 1. The number of hydrogen-bond acceptors (Lipinski definition) is 3. The number of ether oxygens (including phenoxy) is 1. The number of rotatable bonds is 8. The van der Waals surface area contributed by atoms with Crippen molar-refractivity contribution < 1.29 is 9.53 Å². The van der Waals surface area contributed by atoms with Gasteiger partial charge in [-0.05, 0) is 31.0 Å². The minimum Gasteiger partial charge on any atom is -0.496 e. The molecular weight excluding hydrogens is 340 g/mol. The zero-order valence-electron chi connectivity index (χ0n) is 16.2. The number of aryl methyl sites for hydroxylation is 1. The van der Waals surface area contributed by atoms with Crippen LogP contribution in [0.1, 0.15) is 23.6 Å². The Balaban J connectivity index is 1.88. The van der Waals surface area contributed by atoms with E-state index in [2.05, 4.69) is 20.9 Å². The summed E-state index contributed by atoms with van der Waals surface area (Å²) in [5.74, 6) is 1.32. The normalized spacial score (nSPS) is 11.0. The lowest BCUT2D eigenvalue weighted by atomic mass is 10.1. The zero-order valence-corrected chi connectivity index (χ0v) is 16.2. The molecule has 0 unspecified atom stereocenters. The van der Waals surface area contributed by atoms with Crippen LogP contribution in [0, 0.1) is 6.92 Å². The van der Waals surface area contributed by atoms with E-state index < -0.39 is 0 Å². The number of carbonyl (C=O) groups is 1. The average Bonchev–Trinajstić information content (AvgIpc) is 2.69. The Bertz CT molecular complexity index is 760. The Kier molecular flexibility index (Phi) is 8.16. The van der Waals surface area contributed by atoms with Crippen molar-refractivity contribution in [2.75, 3.05) is 20.2 Å². The van der Waals surface area contributed by atoms with Gasteiger partial charge in [-0.15, -0.1) is 0 Å². The standard InChI is InChI=1S/C21H28N4O2/c1-4-22-21(24-14-18-11-10-16(2)12-19(18)27-3)25-15-20(26)23-13-17-8-6-5-7-9-17/h5-12H,4,13-15H2,1-3H3,(H,23,26)(H2,22,24,25). The summed E-state index contributed by atoms with van der Waals surface area (Å²) in [6.45, 7) is 5.85. The number of nitrogens with one attached hydrogen (secondary N) is 3. The van der Waals surface area contributed by atoms with Crippen LogP contribution in [0.2, 0.25) is 0 Å². The molecule has 3 N–H and O–H groups in total. The van der Waals surface area contributed by atoms with Gasteiger partial charge in [0.25, 0.3) is 0 Å². The molecule has 0 radical (unpaired) electrons. The lowest BCUT2D eigenvalue weighted by Crippen LogP contribution is -2.43. The van der Waals surface area contributed by atoms with E-state index in [0.717, 1.165) is 22.4 Å². The molecule has 0 atom stereocenters. The smallest absolute Gasteiger partial charge is 0.239 e. The zero-order chi connectivity index (χ0) is 19.5. The van der Waals surface area contributed by atoms with Crippen molar-refractivity contribution in [1.82, 2.24) is 16.0 Å². The Morgan fingerprint density at radius 2 is 1.85 bits per heavy atom. The fourth-order valence-corrected chi connectivity index (χ4v) is 2.51. The van der Waals surface area contributed by atoms with Crippen LogP contribution in [0.5, 0.6) is 5.75 Å². The van der Waals surface area contributed by atoms with Gasteiger partial charge in [-0.1, -0.05) is 42.5 Å². The summed E-state index contributed by atoms with van der Waals surface area (Å²) in [6.07, 6.45) is 0. The van der Waals surface area contributed by atoms with E-state index in [1.54, 1.807) is 7.11 Å². The molecule has 0 saturated carbocycles. The molecule has 0 bridgehead atoms. The van der Waals surface area contributed by atoms with Crippen LogP contribution >= 0.6 is 0 Å². The highest BCUT2D eigenvalue weighted by Gasteiger charge is 2.06. The van der Waals surface area contributed by atoms with Crippen LogP contribution in [0.4, 0.5) is 0 Å². The third kappa shape index (κ3) is 7.01. The molecule has 144 valence electrons. The van der Waals surface area contributed by atoms with Crippen molar-refractivity contribution in [3.63, 3.8) is 0 Å². The molecule has 6 nitrogen and oxygen atoms in total. The fourth-order valence-electron chi connectivity index (χ4n) is 2.51. The van der Waals surface area contributed by atoms with Crippen LogP contribution in [0.25, 0.3) is 0 Å². The largest absolute Gasteiger partial charge is 0.496 e. The number of benzene rings is 2. The van der Waals surface area contributed by atoms with Gasteiger partial charge in [0.2, 0.25) is 5.91 Å². The van der Waals surface area contributed by atoms with E-state index in [1.807, 2.05) is 62.4 Å². The Morgan fingerprint density at radius 3 is 2.56 bits per heavy atom. The molecule has 0 heterocycles. The van der Waals surface area contributed by atoms with Crippen LogP contribution in [-0.4, -0.2) is 32.1 Å². The lowest BCUT2D eigenvalue weighted by molar-refractivity contribution is -0.120. The first-order valence-corrected chi connectivity index (χ1v) is 9.08. The van der Waals surface area contributed by atoms with Crippen LogP contribution < -0.4 is 20.7 Å². The summed E-state index contributed by atoms with van der Waals surface area (Å²) in [6, 6.07) is 15.8. The van der Waals surface area contributed by atoms with Crippen molar-refractivity contribution in [2.45, 2.75) is 26.9 Å². The van der Waals surface area contributed by atoms with Crippen LogP contribution in [-0.2, 0) is 17.9 Å². The molecule has 2 aromatic carbocycles. The van der Waals surface area contributed by atoms with Gasteiger partial charge in [0.05, 0.1) is 20.2 Å². The van der Waals surface area contributed by atoms with Crippen LogP contribution in [0.15, 0.2) is 53.5 Å². The molecular formula is C21H28N4O2. The maximum Gasteiger partial charge on any atom is 0.239 e. The molecule has 0 aliphatic heterocycles. The first-order valence-electron chi connectivity index (χ1n) is 9.08. The average molecular weight is 368 g/mol. The Labute approximate surface area is 161 Å². The highest BCUT2D eigenvalue weighted by Crippen LogP contribution is 2.20. The summed E-state index contributed by atoms with van der Waals surface area (Å²) >= 11 is 0. The number of amides is 1. The summed E-state index contributed by atoms with van der Waals surface area (Å²) < 4.78 is 5.42. The summed E-state index contributed by atoms with van der Waals surface area (Å²) in [5.41, 5.74) is 3.20. The van der Waals surface area contributed by atoms with Gasteiger partial charge in [0.15, 0.2) is 5.96 Å². The summed E-state index contributed by atoms with van der Waals surface area (Å²) in [4.78, 5) is 16.6. The van der Waals surface area contributed by atoms with Crippen molar-refractivity contribution in [2.24, 2.45) is 4.99 Å². The molecule has 0 aromatic heterocycles. The SMILES string of the molecule is CCNC(=NCc1ccc(C)cc1OC)NCC(=O)NCc1ccccc1. The fraction of sp³-hybridized carbons (Fsp3) is 0.333. The van der Waals surface area contributed by atoms with Gasteiger partial charge < -0.3 is 20.7 Å². The van der Waals surface area contributed by atoms with Crippen molar-refractivity contribution in [3.05, 3.63) is 65.2 Å². The lowest BCUT2D eigenvalue weighted by Gasteiger charge is -2.12. The van der Waals surface area contributed by atoms with Gasteiger partial charge in [-0.25, -0.2) is 4.99 Å². The minimum absolute atomic E-state index is 0.0858. The molecule has 0 saturated heterocycles. The Hall–Kier alpha value is -3.02. The highest BCUT2D eigenvalue weighted by atomic mass is 16.5. The number of guanidine groups is 1. The van der Waals surface area contributed by atoms with E-state index in [0.29, 0.717) is 25.6 Å². The van der Waals surface area contributed by atoms with Crippen LogP contribution in [0.3, 0.4) is 0 Å². The van der Waals surface area contributed by atoms with Crippen molar-refractivity contribution in [3.8, 4) is 5.75 Å². The van der Waals surface area contributed by atoms with E-state index in [-0.39, 0.29) is 12.5 Å². The number of nitrogens with zero attached hydrogens (tertiary/aromatic N) is 1. The molecule has 27 heavy (non-hydrogen) atoms. The quantitative estimate of drug-likeness (QED) is 0.494. The molecule has 6 heteroatoms. The van der Waals surface area contributed by atoms with Crippen molar-refractivity contribution in [1.29, 1.82) is 0 Å². The second kappa shape index (κ2) is 10.9. The third-order valence-corrected chi connectivity index (χ3v) is 3.94. The van der Waals surface area contributed by atoms with E-state index in [4.69, 9.17) is 4.74 Å². The first kappa shape index (κ1) is 20.3. The molecule has 0 fully saturated rings. The predicted octanol–water partition coefficient (Wildman–Crippen LogP) is 2.38. The molecule has 1 amide bonds. The summed E-state index contributed by atoms with van der Waals surface area (Å²) in [5, 5.41) is 9.10. The van der Waals surface area contributed by atoms with Crippen molar-refractivity contribution >= 4 is 11.9 Å². The van der Waals surface area contributed by atoms with E-state index in [9.17, 15) is 4.79 Å². The van der Waals surface area contributed by atoms with Gasteiger partial charge in [0.1, 0.15) is 5.75 Å². The topological polar surface area (TPSA) is 74.8 Å². The van der Waals surface area contributed by atoms with E-state index in [1.165, 1.54) is 0 Å². The number of hydrogen-bond donors (Lipinski definition) is 3. The van der Waals surface area contributed by atoms with Gasteiger partial charge in [-0.3, -0.25) is 4.79 Å². The predicted molar refractivity (Wildman–Crippen MR) is 109 cm³/mol. The third-order valence-electron chi connectivity index (χ3n) is 3.94. The maximum absolute atomic E-state index is 12.1. The van der Waals surface area contributed by atoms with E-state index >= 15 is 0 Å². The summed E-state index contributed by atoms with van der Waals surface area (Å²) in [7, 11) is 1.66. The number of carbonyl (C=O) groups excluding carboxylic acids is 1. The molecule has 0 aliphatic carbocycles. The molecule has 0 aliphatic rings. The molecule has 2 aromatic rings. The van der Waals surface area contributed by atoms with Gasteiger partial charge in [0, 0.05) is 18.7 Å². The second-order valence-electron chi connectivity index (χ2n) is 6.13. The monoisotopic (exact) mass is 368 g/mol. The van der Waals surface area contributed by atoms with Gasteiger partial charge in [-0.2, -0.15) is 0 Å². The maximum atomic E-state index is 12.1. The van der Waals surface area contributed by atoms with Gasteiger partial charge >= 0.3 is 0 Å². The molecule has 2 rings (SSSR count). The minimum atomic E-state index is -0.0858. The number of methoxy groups -OCH3 is 1. The Morgan fingerprint density at radius 1 is 1.07 bits per heavy atom. The second-order valence-corrected chi connectivity index (χ2v) is 6.13. The highest BCUT2D eigenvalue weighted by molar-refractivity contribution is 5.86.